The highest BCUT2D eigenvalue weighted by Crippen LogP contribution is 2.09. The molecule has 0 aromatic carbocycles. The molecule has 0 fully saturated rings. The molecule has 0 saturated heterocycles. The topological polar surface area (TPSA) is 17.3 Å². The van der Waals surface area contributed by atoms with Crippen LogP contribution in [0.3, 0.4) is 0 Å². The summed E-state index contributed by atoms with van der Waals surface area (Å²) in [5, 5.41) is 0. The lowest BCUT2D eigenvalue weighted by atomic mass is 10.3. The van der Waals surface area contributed by atoms with Crippen LogP contribution in [-0.4, -0.2) is 9.38 Å². The van der Waals surface area contributed by atoms with E-state index in [1.54, 1.807) is 29.9 Å². The fraction of sp³-hybridized carbons (Fsp3) is 0.125. The Balaban J connectivity index is 2.93. The molecular weight excluding hydrogens is 143 g/mol. The van der Waals surface area contributed by atoms with Gasteiger partial charge in [-0.25, -0.2) is 9.37 Å². The van der Waals surface area contributed by atoms with Gasteiger partial charge in [-0.2, -0.15) is 0 Å². The fourth-order valence-corrected chi connectivity index (χ4v) is 1.10. The average molecular weight is 150 g/mol. The molecule has 0 spiro atoms. The molecule has 0 atom stereocenters. The van der Waals surface area contributed by atoms with E-state index in [1.807, 2.05) is 0 Å². The first-order chi connectivity index (χ1) is 5.29. The molecule has 0 aliphatic carbocycles. The molecule has 0 bridgehead atoms. The van der Waals surface area contributed by atoms with Gasteiger partial charge in [0.15, 0.2) is 0 Å². The lowest BCUT2D eigenvalue weighted by molar-refractivity contribution is 0.606. The first kappa shape index (κ1) is 6.34. The van der Waals surface area contributed by atoms with E-state index in [0.29, 0.717) is 5.69 Å². The normalized spacial score (nSPS) is 10.7. The number of rotatable bonds is 0. The van der Waals surface area contributed by atoms with Crippen molar-refractivity contribution >= 4 is 5.52 Å². The Bertz CT molecular complexity index is 392. The van der Waals surface area contributed by atoms with Gasteiger partial charge in [0.1, 0.15) is 5.82 Å². The van der Waals surface area contributed by atoms with Gasteiger partial charge in [0.2, 0.25) is 0 Å². The van der Waals surface area contributed by atoms with Crippen LogP contribution in [-0.2, 0) is 0 Å². The van der Waals surface area contributed by atoms with E-state index in [1.165, 1.54) is 6.07 Å². The lowest BCUT2D eigenvalue weighted by Crippen LogP contribution is -1.92. The van der Waals surface area contributed by atoms with Crippen molar-refractivity contribution in [2.45, 2.75) is 6.92 Å². The van der Waals surface area contributed by atoms with Gasteiger partial charge in [0.25, 0.3) is 0 Å². The molecule has 2 rings (SSSR count). The third-order valence-corrected chi connectivity index (χ3v) is 1.77. The average Bonchev–Trinajstić information content (AvgIpc) is 2.45. The summed E-state index contributed by atoms with van der Waals surface area (Å²) in [5.41, 5.74) is 1.52. The first-order valence-corrected chi connectivity index (χ1v) is 3.36. The lowest BCUT2D eigenvalue weighted by Gasteiger charge is -1.99. The van der Waals surface area contributed by atoms with Gasteiger partial charge in [-0.15, -0.1) is 0 Å². The molecule has 0 radical (unpaired) electrons. The zero-order valence-corrected chi connectivity index (χ0v) is 6.08. The second-order valence-corrected chi connectivity index (χ2v) is 2.46. The molecule has 0 saturated carbocycles. The van der Waals surface area contributed by atoms with Crippen LogP contribution in [0.15, 0.2) is 24.7 Å². The highest BCUT2D eigenvalue weighted by atomic mass is 19.1. The van der Waals surface area contributed by atoms with Gasteiger partial charge < -0.3 is 4.40 Å². The summed E-state index contributed by atoms with van der Waals surface area (Å²) in [4.78, 5) is 3.90. The molecular formula is C8H7FN2. The number of fused-ring (bicyclic) bond motifs is 1. The first-order valence-electron chi connectivity index (χ1n) is 3.36. The molecule has 2 aromatic rings. The van der Waals surface area contributed by atoms with Crippen LogP contribution in [0, 0.1) is 12.7 Å². The molecule has 2 heterocycles. The van der Waals surface area contributed by atoms with Crippen LogP contribution in [0.4, 0.5) is 4.39 Å². The number of hydrogen-bond donors (Lipinski definition) is 0. The summed E-state index contributed by atoms with van der Waals surface area (Å²) in [7, 11) is 0. The molecule has 2 aromatic heterocycles. The largest absolute Gasteiger partial charge is 0.301 e. The summed E-state index contributed by atoms with van der Waals surface area (Å²) in [6.45, 7) is 1.73. The number of aryl methyl sites for hydroxylation is 1. The maximum absolute atomic E-state index is 12.9. The second kappa shape index (κ2) is 2.05. The Hall–Kier alpha value is -1.38. The third-order valence-electron chi connectivity index (χ3n) is 1.77. The predicted molar refractivity (Wildman–Crippen MR) is 39.9 cm³/mol. The van der Waals surface area contributed by atoms with E-state index in [9.17, 15) is 4.39 Å². The van der Waals surface area contributed by atoms with Gasteiger partial charge in [-0.3, -0.25) is 0 Å². The zero-order chi connectivity index (χ0) is 7.84. The molecule has 0 aliphatic heterocycles. The second-order valence-electron chi connectivity index (χ2n) is 2.46. The Morgan fingerprint density at radius 2 is 2.27 bits per heavy atom. The molecule has 3 heteroatoms. The predicted octanol–water partition coefficient (Wildman–Crippen LogP) is 1.78. The van der Waals surface area contributed by atoms with Crippen molar-refractivity contribution in [1.29, 1.82) is 0 Å². The van der Waals surface area contributed by atoms with Crippen LogP contribution < -0.4 is 0 Å². The van der Waals surface area contributed by atoms with Crippen molar-refractivity contribution in [3.05, 3.63) is 36.2 Å². The molecule has 0 unspecified atom stereocenters. The standard InChI is InChI=1S/C8H7FN2/c1-6-8(9)3-2-7-4-10-5-11(6)7/h2-5H,1H3. The van der Waals surface area contributed by atoms with Crippen LogP contribution in [0.5, 0.6) is 0 Å². The Morgan fingerprint density at radius 3 is 3.09 bits per heavy atom. The summed E-state index contributed by atoms with van der Waals surface area (Å²) in [6.07, 6.45) is 3.31. The molecule has 56 valence electrons. The SMILES string of the molecule is Cc1c(F)ccc2cncn12. The van der Waals surface area contributed by atoms with E-state index in [-0.39, 0.29) is 5.82 Å². The number of hydrogen-bond acceptors (Lipinski definition) is 1. The maximum atomic E-state index is 12.9. The van der Waals surface area contributed by atoms with Crippen molar-refractivity contribution in [3.63, 3.8) is 0 Å². The Labute approximate surface area is 63.3 Å². The van der Waals surface area contributed by atoms with Crippen LogP contribution >= 0.6 is 0 Å². The highest BCUT2D eigenvalue weighted by molar-refractivity contribution is 5.45. The molecule has 11 heavy (non-hydrogen) atoms. The van der Waals surface area contributed by atoms with E-state index in [0.717, 1.165) is 5.52 Å². The van der Waals surface area contributed by atoms with Crippen molar-refractivity contribution in [1.82, 2.24) is 9.38 Å². The fourth-order valence-electron chi connectivity index (χ4n) is 1.10. The highest BCUT2D eigenvalue weighted by Gasteiger charge is 2.00. The summed E-state index contributed by atoms with van der Waals surface area (Å²) in [6, 6.07) is 3.15. The van der Waals surface area contributed by atoms with Crippen molar-refractivity contribution in [3.8, 4) is 0 Å². The molecule has 0 N–H and O–H groups in total. The molecule has 0 aliphatic rings. The van der Waals surface area contributed by atoms with Gasteiger partial charge >= 0.3 is 0 Å². The van der Waals surface area contributed by atoms with Crippen LogP contribution in [0.25, 0.3) is 5.52 Å². The van der Waals surface area contributed by atoms with E-state index < -0.39 is 0 Å². The van der Waals surface area contributed by atoms with Gasteiger partial charge in [0.05, 0.1) is 23.7 Å². The summed E-state index contributed by atoms with van der Waals surface area (Å²) < 4.78 is 14.6. The smallest absolute Gasteiger partial charge is 0.142 e. The summed E-state index contributed by atoms with van der Waals surface area (Å²) in [5.74, 6) is -0.199. The number of pyridine rings is 1. The molecule has 2 nitrogen and oxygen atoms in total. The summed E-state index contributed by atoms with van der Waals surface area (Å²) >= 11 is 0. The monoisotopic (exact) mass is 150 g/mol. The van der Waals surface area contributed by atoms with Crippen molar-refractivity contribution in [2.24, 2.45) is 0 Å². The Morgan fingerprint density at radius 1 is 1.45 bits per heavy atom. The minimum atomic E-state index is -0.199. The third kappa shape index (κ3) is 0.808. The number of halogens is 1. The van der Waals surface area contributed by atoms with Crippen LogP contribution in [0.2, 0.25) is 0 Å². The molecule has 0 amide bonds. The van der Waals surface area contributed by atoms with Gasteiger partial charge in [-0.1, -0.05) is 0 Å². The minimum absolute atomic E-state index is 0.199. The van der Waals surface area contributed by atoms with E-state index in [4.69, 9.17) is 0 Å². The van der Waals surface area contributed by atoms with E-state index in [2.05, 4.69) is 4.98 Å². The van der Waals surface area contributed by atoms with Crippen LogP contribution in [0.1, 0.15) is 5.69 Å². The zero-order valence-electron chi connectivity index (χ0n) is 6.08. The number of nitrogens with zero attached hydrogens (tertiary/aromatic N) is 2. The quantitative estimate of drug-likeness (QED) is 0.559. The number of imidazole rings is 1. The van der Waals surface area contributed by atoms with Gasteiger partial charge in [-0.05, 0) is 19.1 Å². The maximum Gasteiger partial charge on any atom is 0.142 e. The number of aromatic nitrogens is 2. The van der Waals surface area contributed by atoms with Gasteiger partial charge in [0, 0.05) is 0 Å². The van der Waals surface area contributed by atoms with Crippen molar-refractivity contribution in [2.75, 3.05) is 0 Å². The minimum Gasteiger partial charge on any atom is -0.301 e. The van der Waals surface area contributed by atoms with E-state index >= 15 is 0 Å². The Kier molecular flexibility index (Phi) is 1.18. The van der Waals surface area contributed by atoms with Crippen molar-refractivity contribution < 1.29 is 4.39 Å².